The lowest BCUT2D eigenvalue weighted by Crippen LogP contribution is -2.38. The molecule has 0 fully saturated rings. The van der Waals surface area contributed by atoms with E-state index in [1.54, 1.807) is 48.5 Å². The van der Waals surface area contributed by atoms with Crippen molar-refractivity contribution in [2.45, 2.75) is 4.90 Å². The molecular formula is C23H21ClN2O6S. The van der Waals surface area contributed by atoms with E-state index >= 15 is 0 Å². The van der Waals surface area contributed by atoms with Crippen molar-refractivity contribution in [2.24, 2.45) is 0 Å². The van der Waals surface area contributed by atoms with Crippen LogP contribution in [0.1, 0.15) is 0 Å². The van der Waals surface area contributed by atoms with Gasteiger partial charge in [-0.3, -0.25) is 9.10 Å². The first-order valence-corrected chi connectivity index (χ1v) is 11.8. The van der Waals surface area contributed by atoms with Crippen LogP contribution in [0.15, 0.2) is 71.6 Å². The summed E-state index contributed by atoms with van der Waals surface area (Å²) in [6.45, 7) is 0.256. The van der Waals surface area contributed by atoms with Crippen molar-refractivity contribution in [3.05, 3.63) is 71.8 Å². The first-order chi connectivity index (χ1) is 15.9. The third-order valence-electron chi connectivity index (χ3n) is 4.87. The molecule has 1 aliphatic rings. The van der Waals surface area contributed by atoms with Crippen molar-refractivity contribution >= 4 is 38.9 Å². The average molecular weight is 489 g/mol. The third-order valence-corrected chi connectivity index (χ3v) is 6.89. The molecule has 10 heteroatoms. The van der Waals surface area contributed by atoms with Gasteiger partial charge in [-0.1, -0.05) is 29.8 Å². The zero-order valence-corrected chi connectivity index (χ0v) is 19.2. The van der Waals surface area contributed by atoms with Crippen molar-refractivity contribution in [1.82, 2.24) is 0 Å². The van der Waals surface area contributed by atoms with Crippen molar-refractivity contribution in [3.63, 3.8) is 0 Å². The van der Waals surface area contributed by atoms with E-state index < -0.39 is 22.5 Å². The molecule has 8 nitrogen and oxygen atoms in total. The van der Waals surface area contributed by atoms with Gasteiger partial charge in [-0.25, -0.2) is 8.42 Å². The van der Waals surface area contributed by atoms with Crippen molar-refractivity contribution < 1.29 is 27.4 Å². The number of ether oxygens (including phenoxy) is 3. The molecule has 0 saturated carbocycles. The fourth-order valence-corrected chi connectivity index (χ4v) is 4.93. The van der Waals surface area contributed by atoms with Crippen LogP contribution in [0, 0.1) is 0 Å². The van der Waals surface area contributed by atoms with Crippen LogP contribution >= 0.6 is 11.6 Å². The Morgan fingerprint density at radius 2 is 1.76 bits per heavy atom. The lowest BCUT2D eigenvalue weighted by molar-refractivity contribution is -0.114. The molecule has 1 heterocycles. The quantitative estimate of drug-likeness (QED) is 0.541. The number of nitrogens with one attached hydrogen (secondary N) is 1. The number of sulfonamides is 1. The predicted molar refractivity (Wildman–Crippen MR) is 125 cm³/mol. The number of amides is 1. The molecule has 0 saturated heterocycles. The maximum atomic E-state index is 13.5. The second-order valence-electron chi connectivity index (χ2n) is 7.05. The Kier molecular flexibility index (Phi) is 6.62. The number of halogens is 1. The van der Waals surface area contributed by atoms with Crippen LogP contribution in [0.5, 0.6) is 17.2 Å². The van der Waals surface area contributed by atoms with Gasteiger partial charge in [0.15, 0.2) is 11.5 Å². The molecule has 3 aromatic carbocycles. The van der Waals surface area contributed by atoms with Gasteiger partial charge in [-0.2, -0.15) is 0 Å². The van der Waals surface area contributed by atoms with Gasteiger partial charge in [0, 0.05) is 11.1 Å². The first-order valence-electron chi connectivity index (χ1n) is 9.99. The molecule has 0 bridgehead atoms. The maximum absolute atomic E-state index is 13.5. The molecule has 0 aliphatic carbocycles. The Morgan fingerprint density at radius 1 is 1.03 bits per heavy atom. The van der Waals surface area contributed by atoms with Crippen LogP contribution in [-0.2, 0) is 14.8 Å². The molecule has 0 spiro atoms. The Labute approximate surface area is 196 Å². The van der Waals surface area contributed by atoms with Gasteiger partial charge in [-0.15, -0.1) is 0 Å². The SMILES string of the molecule is COc1ccc(Cl)cc1NC(=O)CN(c1ccc2c(c1)OCCO2)S(=O)(=O)c1ccccc1. The van der Waals surface area contributed by atoms with Gasteiger partial charge in [0.1, 0.15) is 25.5 Å². The maximum Gasteiger partial charge on any atom is 0.264 e. The minimum absolute atomic E-state index is 0.0491. The summed E-state index contributed by atoms with van der Waals surface area (Å²) in [4.78, 5) is 13.0. The van der Waals surface area contributed by atoms with Crippen molar-refractivity contribution in [2.75, 3.05) is 36.5 Å². The van der Waals surface area contributed by atoms with Crippen LogP contribution in [0.4, 0.5) is 11.4 Å². The number of carbonyl (C=O) groups excluding carboxylic acids is 1. The molecule has 3 aromatic rings. The Bertz CT molecular complexity index is 1270. The fourth-order valence-electron chi connectivity index (χ4n) is 3.32. The van der Waals surface area contributed by atoms with Gasteiger partial charge in [-0.05, 0) is 42.5 Å². The van der Waals surface area contributed by atoms with Gasteiger partial charge >= 0.3 is 0 Å². The molecule has 1 aliphatic heterocycles. The number of fused-ring (bicyclic) bond motifs is 1. The summed E-state index contributed by atoms with van der Waals surface area (Å²) in [5.74, 6) is 0.730. The highest BCUT2D eigenvalue weighted by Gasteiger charge is 2.28. The number of anilines is 2. The van der Waals surface area contributed by atoms with Crippen LogP contribution in [-0.4, -0.2) is 41.2 Å². The molecule has 0 atom stereocenters. The summed E-state index contributed by atoms with van der Waals surface area (Å²) in [5.41, 5.74) is 0.588. The number of nitrogens with zero attached hydrogens (tertiary/aromatic N) is 1. The Balaban J connectivity index is 1.69. The summed E-state index contributed by atoms with van der Waals surface area (Å²) < 4.78 is 44.4. The molecule has 172 valence electrons. The highest BCUT2D eigenvalue weighted by molar-refractivity contribution is 7.92. The topological polar surface area (TPSA) is 94.2 Å². The van der Waals surface area contributed by atoms with E-state index in [1.165, 1.54) is 25.3 Å². The van der Waals surface area contributed by atoms with E-state index in [1.807, 2.05) is 0 Å². The summed E-state index contributed by atoms with van der Waals surface area (Å²) >= 11 is 6.04. The van der Waals surface area contributed by atoms with E-state index in [4.69, 9.17) is 25.8 Å². The molecule has 0 aromatic heterocycles. The van der Waals surface area contributed by atoms with E-state index in [0.29, 0.717) is 41.2 Å². The van der Waals surface area contributed by atoms with E-state index in [2.05, 4.69) is 5.32 Å². The minimum atomic E-state index is -4.07. The van der Waals surface area contributed by atoms with E-state index in [-0.39, 0.29) is 10.6 Å². The second-order valence-corrected chi connectivity index (χ2v) is 9.34. The number of methoxy groups -OCH3 is 1. The molecule has 1 N–H and O–H groups in total. The van der Waals surface area contributed by atoms with E-state index in [0.717, 1.165) is 4.31 Å². The lowest BCUT2D eigenvalue weighted by atomic mass is 10.2. The van der Waals surface area contributed by atoms with Gasteiger partial charge in [0.2, 0.25) is 5.91 Å². The van der Waals surface area contributed by atoms with Gasteiger partial charge in [0.25, 0.3) is 10.0 Å². The Morgan fingerprint density at radius 3 is 2.48 bits per heavy atom. The van der Waals surface area contributed by atoms with Crippen LogP contribution in [0.25, 0.3) is 0 Å². The van der Waals surface area contributed by atoms with E-state index in [9.17, 15) is 13.2 Å². The molecule has 1 amide bonds. The Hall–Kier alpha value is -3.43. The van der Waals surface area contributed by atoms with Crippen LogP contribution in [0.3, 0.4) is 0 Å². The summed E-state index contributed by atoms with van der Waals surface area (Å²) in [5, 5.41) is 3.07. The zero-order chi connectivity index (χ0) is 23.4. The average Bonchev–Trinajstić information content (AvgIpc) is 2.83. The predicted octanol–water partition coefficient (Wildman–Crippen LogP) is 3.95. The largest absolute Gasteiger partial charge is 0.495 e. The molecule has 33 heavy (non-hydrogen) atoms. The highest BCUT2D eigenvalue weighted by atomic mass is 35.5. The summed E-state index contributed by atoms with van der Waals surface area (Å²) in [7, 11) is -2.61. The summed E-state index contributed by atoms with van der Waals surface area (Å²) in [6.07, 6.45) is 0. The molecule has 4 rings (SSSR count). The number of carbonyl (C=O) groups is 1. The number of hydrogen-bond donors (Lipinski definition) is 1. The second kappa shape index (κ2) is 9.60. The monoisotopic (exact) mass is 488 g/mol. The van der Waals surface area contributed by atoms with Crippen molar-refractivity contribution in [3.8, 4) is 17.2 Å². The standard InChI is InChI=1S/C23H21ClN2O6S/c1-30-20-9-7-16(24)13-19(20)25-23(27)15-26(33(28,29)18-5-3-2-4-6-18)17-8-10-21-22(14-17)32-12-11-31-21/h2-10,13-14H,11-12,15H2,1H3,(H,25,27). The fraction of sp³-hybridized carbons (Fsp3) is 0.174. The van der Waals surface area contributed by atoms with Crippen LogP contribution < -0.4 is 23.8 Å². The van der Waals surface area contributed by atoms with Crippen molar-refractivity contribution in [1.29, 1.82) is 0 Å². The molecular weight excluding hydrogens is 468 g/mol. The smallest absolute Gasteiger partial charge is 0.264 e. The highest BCUT2D eigenvalue weighted by Crippen LogP contribution is 2.36. The third kappa shape index (κ3) is 4.99. The normalized spacial score (nSPS) is 12.7. The number of rotatable bonds is 7. The van der Waals surface area contributed by atoms with Crippen LogP contribution in [0.2, 0.25) is 5.02 Å². The van der Waals surface area contributed by atoms with Gasteiger partial charge < -0.3 is 19.5 Å². The number of benzene rings is 3. The lowest BCUT2D eigenvalue weighted by Gasteiger charge is -2.26. The summed E-state index contributed by atoms with van der Waals surface area (Å²) in [6, 6.07) is 17.4. The molecule has 0 radical (unpaired) electrons. The number of hydrogen-bond acceptors (Lipinski definition) is 6. The molecule has 0 unspecified atom stereocenters. The first kappa shape index (κ1) is 22.8. The zero-order valence-electron chi connectivity index (χ0n) is 17.7. The minimum Gasteiger partial charge on any atom is -0.495 e. The van der Waals surface area contributed by atoms with Gasteiger partial charge in [0.05, 0.1) is 23.4 Å².